The van der Waals surface area contributed by atoms with E-state index in [-0.39, 0.29) is 11.5 Å². The van der Waals surface area contributed by atoms with Crippen LogP contribution in [-0.2, 0) is 4.79 Å². The molecule has 1 aromatic carbocycles. The van der Waals surface area contributed by atoms with Gasteiger partial charge in [0.2, 0.25) is 5.82 Å². The molecule has 200 valence electrons. The molecule has 0 amide bonds. The van der Waals surface area contributed by atoms with Gasteiger partial charge in [0, 0.05) is 29.7 Å². The molecule has 0 saturated carbocycles. The van der Waals surface area contributed by atoms with Gasteiger partial charge in [-0.15, -0.1) is 0 Å². The molecule has 38 heavy (non-hydrogen) atoms. The predicted octanol–water partition coefficient (Wildman–Crippen LogP) is 4.14. The Morgan fingerprint density at radius 3 is 2.45 bits per heavy atom. The molecule has 0 atom stereocenters. The van der Waals surface area contributed by atoms with Crippen LogP contribution in [0.1, 0.15) is 0 Å². The SMILES string of the molecule is Nc1nc(NCCNc2nc(-c3ccc(Cl)cc3Cl)cn3ncnc23)ccc1[N+](=O)[O-].O=C(O)C(F)(F)F. The number of anilines is 3. The molecule has 0 spiro atoms. The molecule has 5 N–H and O–H groups in total. The summed E-state index contributed by atoms with van der Waals surface area (Å²) in [6.45, 7) is 0.893. The molecule has 0 radical (unpaired) electrons. The Morgan fingerprint density at radius 1 is 1.16 bits per heavy atom. The molecular formula is C20H16Cl2F3N9O4. The number of hydrogen-bond donors (Lipinski definition) is 4. The lowest BCUT2D eigenvalue weighted by Crippen LogP contribution is -2.21. The van der Waals surface area contributed by atoms with E-state index in [2.05, 4.69) is 30.7 Å². The second-order valence-corrected chi connectivity index (χ2v) is 7.99. The van der Waals surface area contributed by atoms with E-state index >= 15 is 0 Å². The molecule has 18 heteroatoms. The zero-order valence-corrected chi connectivity index (χ0v) is 20.3. The monoisotopic (exact) mass is 573 g/mol. The number of aromatic nitrogens is 5. The number of carbonyl (C=O) groups is 1. The first-order chi connectivity index (χ1) is 17.9. The van der Waals surface area contributed by atoms with Crippen molar-refractivity contribution in [1.82, 2.24) is 24.6 Å². The largest absolute Gasteiger partial charge is 0.490 e. The summed E-state index contributed by atoms with van der Waals surface area (Å²) in [7, 11) is 0. The predicted molar refractivity (Wildman–Crippen MR) is 132 cm³/mol. The van der Waals surface area contributed by atoms with E-state index in [1.165, 1.54) is 18.5 Å². The number of nitrogens with one attached hydrogen (secondary N) is 2. The first-order valence-corrected chi connectivity index (χ1v) is 11.0. The summed E-state index contributed by atoms with van der Waals surface area (Å²) in [5.41, 5.74) is 7.22. The minimum absolute atomic E-state index is 0.151. The number of aliphatic carboxylic acids is 1. The molecule has 3 aromatic heterocycles. The number of hydrogen-bond acceptors (Lipinski definition) is 10. The quantitative estimate of drug-likeness (QED) is 0.141. The molecule has 4 aromatic rings. The number of alkyl halides is 3. The highest BCUT2D eigenvalue weighted by Gasteiger charge is 2.38. The molecule has 3 heterocycles. The summed E-state index contributed by atoms with van der Waals surface area (Å²) in [5, 5.41) is 29.4. The van der Waals surface area contributed by atoms with Crippen molar-refractivity contribution in [2.24, 2.45) is 0 Å². The molecule has 0 bridgehead atoms. The maximum Gasteiger partial charge on any atom is 0.490 e. The van der Waals surface area contributed by atoms with E-state index in [0.717, 1.165) is 0 Å². The highest BCUT2D eigenvalue weighted by atomic mass is 35.5. The molecule has 0 aliphatic rings. The van der Waals surface area contributed by atoms with E-state index in [0.29, 0.717) is 51.7 Å². The van der Waals surface area contributed by atoms with E-state index in [4.69, 9.17) is 38.8 Å². The van der Waals surface area contributed by atoms with E-state index in [1.54, 1.807) is 28.9 Å². The standard InChI is InChI=1S/C18H15Cl2N9O2.C2HF3O2/c19-10-1-2-11(12(20)7-10)13-8-28-18(24-9-25-28)17(26-13)23-6-5-22-15-4-3-14(29(30)31)16(21)27-15;3-2(4,5)1(6)7/h1-4,7-9H,5-6H2,(H,23,26)(H3,21,22,27);(H,6,7). The normalized spacial score (nSPS) is 11.0. The van der Waals surface area contributed by atoms with Crippen molar-refractivity contribution in [3.8, 4) is 11.3 Å². The number of carboxylic acid groups (broad SMARTS) is 1. The third kappa shape index (κ3) is 7.07. The minimum Gasteiger partial charge on any atom is -0.475 e. The van der Waals surface area contributed by atoms with Gasteiger partial charge in [-0.2, -0.15) is 18.3 Å². The average Bonchev–Trinajstić information content (AvgIpc) is 3.30. The van der Waals surface area contributed by atoms with Crippen LogP contribution in [0.5, 0.6) is 0 Å². The van der Waals surface area contributed by atoms with Crippen molar-refractivity contribution >= 4 is 58.0 Å². The number of nitrogens with two attached hydrogens (primary N) is 1. The van der Waals surface area contributed by atoms with Crippen LogP contribution < -0.4 is 16.4 Å². The van der Waals surface area contributed by atoms with Gasteiger partial charge in [-0.3, -0.25) is 10.1 Å². The van der Waals surface area contributed by atoms with Gasteiger partial charge in [-0.25, -0.2) is 24.3 Å². The summed E-state index contributed by atoms with van der Waals surface area (Å²) in [6, 6.07) is 7.96. The van der Waals surface area contributed by atoms with Crippen molar-refractivity contribution in [3.05, 3.63) is 63.0 Å². The molecule has 0 saturated heterocycles. The maximum atomic E-state index is 10.8. The fraction of sp³-hybridized carbons (Fsp3) is 0.150. The molecule has 0 fully saturated rings. The lowest BCUT2D eigenvalue weighted by atomic mass is 10.1. The summed E-state index contributed by atoms with van der Waals surface area (Å²) in [6.07, 6.45) is -1.93. The van der Waals surface area contributed by atoms with Crippen LogP contribution in [0.2, 0.25) is 10.0 Å². The number of rotatable bonds is 7. The van der Waals surface area contributed by atoms with Crippen LogP contribution in [-0.4, -0.2) is 59.8 Å². The van der Waals surface area contributed by atoms with Gasteiger partial charge in [-0.1, -0.05) is 23.2 Å². The van der Waals surface area contributed by atoms with Crippen LogP contribution in [0.15, 0.2) is 42.9 Å². The lowest BCUT2D eigenvalue weighted by Gasteiger charge is -2.11. The number of nitrogens with zero attached hydrogens (tertiary/aromatic N) is 6. The zero-order chi connectivity index (χ0) is 28.0. The second-order valence-electron chi connectivity index (χ2n) is 7.14. The zero-order valence-electron chi connectivity index (χ0n) is 18.8. The van der Waals surface area contributed by atoms with Crippen LogP contribution in [0.25, 0.3) is 16.9 Å². The highest BCUT2D eigenvalue weighted by molar-refractivity contribution is 6.36. The van der Waals surface area contributed by atoms with Gasteiger partial charge < -0.3 is 21.5 Å². The Balaban J connectivity index is 0.000000505. The Kier molecular flexibility index (Phi) is 8.69. The molecule has 0 unspecified atom stereocenters. The van der Waals surface area contributed by atoms with Gasteiger partial charge in [0.15, 0.2) is 11.5 Å². The average molecular weight is 574 g/mol. The highest BCUT2D eigenvalue weighted by Crippen LogP contribution is 2.30. The maximum absolute atomic E-state index is 10.8. The fourth-order valence-electron chi connectivity index (χ4n) is 2.87. The van der Waals surface area contributed by atoms with Gasteiger partial charge in [0.25, 0.3) is 0 Å². The van der Waals surface area contributed by atoms with Gasteiger partial charge in [0.05, 0.1) is 21.8 Å². The van der Waals surface area contributed by atoms with Crippen molar-refractivity contribution in [1.29, 1.82) is 0 Å². The topological polar surface area (TPSA) is 186 Å². The van der Waals surface area contributed by atoms with Crippen LogP contribution in [0.3, 0.4) is 0 Å². The van der Waals surface area contributed by atoms with Gasteiger partial charge in [-0.05, 0) is 24.3 Å². The Morgan fingerprint density at radius 2 is 1.84 bits per heavy atom. The summed E-state index contributed by atoms with van der Waals surface area (Å²) in [4.78, 5) is 32.0. The van der Waals surface area contributed by atoms with E-state index in [9.17, 15) is 23.3 Å². The number of pyridine rings is 1. The third-order valence-electron chi connectivity index (χ3n) is 4.53. The summed E-state index contributed by atoms with van der Waals surface area (Å²) >= 11 is 12.3. The Labute approximate surface area is 220 Å². The third-order valence-corrected chi connectivity index (χ3v) is 5.08. The summed E-state index contributed by atoms with van der Waals surface area (Å²) in [5.74, 6) is -1.97. The molecule has 4 rings (SSSR count). The Hall–Kier alpha value is -4.44. The number of nitrogen functional groups attached to an aromatic ring is 1. The van der Waals surface area contributed by atoms with Crippen LogP contribution >= 0.6 is 23.2 Å². The molecular weight excluding hydrogens is 558 g/mol. The molecule has 13 nitrogen and oxygen atoms in total. The van der Waals surface area contributed by atoms with Gasteiger partial charge >= 0.3 is 17.8 Å². The van der Waals surface area contributed by atoms with Gasteiger partial charge in [0.1, 0.15) is 12.1 Å². The molecule has 0 aliphatic heterocycles. The number of fused-ring (bicyclic) bond motifs is 1. The summed E-state index contributed by atoms with van der Waals surface area (Å²) < 4.78 is 33.3. The minimum atomic E-state index is -5.08. The van der Waals surface area contributed by atoms with Crippen molar-refractivity contribution in [2.75, 3.05) is 29.5 Å². The first-order valence-electron chi connectivity index (χ1n) is 10.2. The number of carboxylic acids is 1. The van der Waals surface area contributed by atoms with Crippen molar-refractivity contribution in [2.45, 2.75) is 6.18 Å². The Bertz CT molecular complexity index is 1480. The van der Waals surface area contributed by atoms with Crippen LogP contribution in [0, 0.1) is 10.1 Å². The molecule has 0 aliphatic carbocycles. The second kappa shape index (κ2) is 11.7. The van der Waals surface area contributed by atoms with Crippen molar-refractivity contribution in [3.63, 3.8) is 0 Å². The van der Waals surface area contributed by atoms with Crippen LogP contribution in [0.4, 0.5) is 36.3 Å². The first kappa shape index (κ1) is 28.1. The van der Waals surface area contributed by atoms with Crippen molar-refractivity contribution < 1.29 is 28.0 Å². The van der Waals surface area contributed by atoms with E-state index < -0.39 is 17.1 Å². The number of halogens is 5. The smallest absolute Gasteiger partial charge is 0.475 e. The number of nitro groups is 1. The fourth-order valence-corrected chi connectivity index (χ4v) is 3.37. The lowest BCUT2D eigenvalue weighted by molar-refractivity contribution is -0.384. The number of benzene rings is 1. The van der Waals surface area contributed by atoms with E-state index in [1.807, 2.05) is 0 Å².